The van der Waals surface area contributed by atoms with Gasteiger partial charge in [-0.3, -0.25) is 4.79 Å². The third-order valence-electron chi connectivity index (χ3n) is 3.60. The second-order valence-electron chi connectivity index (χ2n) is 6.13. The van der Waals surface area contributed by atoms with E-state index in [2.05, 4.69) is 34.7 Å². The van der Waals surface area contributed by atoms with Crippen molar-refractivity contribution in [2.45, 2.75) is 27.2 Å². The molecule has 7 nitrogen and oxygen atoms in total. The minimum absolute atomic E-state index is 0.165. The lowest BCUT2D eigenvalue weighted by molar-refractivity contribution is 0.0527. The van der Waals surface area contributed by atoms with Crippen molar-refractivity contribution in [3.63, 3.8) is 0 Å². The summed E-state index contributed by atoms with van der Waals surface area (Å²) in [6, 6.07) is 9.97. The molecule has 0 unspecified atom stereocenters. The SMILES string of the molecule is CCOC(=O)c1ccccc1NC(=O)c1ccc(NCCC(C)C)nn1. The molecule has 0 radical (unpaired) electrons. The first-order valence-electron chi connectivity index (χ1n) is 8.66. The van der Waals surface area contributed by atoms with Crippen molar-refractivity contribution in [3.05, 3.63) is 47.7 Å². The molecule has 138 valence electrons. The lowest BCUT2D eigenvalue weighted by Crippen LogP contribution is -2.18. The van der Waals surface area contributed by atoms with Gasteiger partial charge in [0.05, 0.1) is 17.9 Å². The summed E-state index contributed by atoms with van der Waals surface area (Å²) in [4.78, 5) is 24.3. The molecular formula is C19H24N4O3. The Morgan fingerprint density at radius 2 is 1.88 bits per heavy atom. The van der Waals surface area contributed by atoms with Gasteiger partial charge in [0, 0.05) is 6.54 Å². The van der Waals surface area contributed by atoms with Crippen molar-refractivity contribution < 1.29 is 14.3 Å². The van der Waals surface area contributed by atoms with Crippen LogP contribution in [0.5, 0.6) is 0 Å². The number of rotatable bonds is 8. The number of nitrogens with zero attached hydrogens (tertiary/aromatic N) is 2. The molecule has 26 heavy (non-hydrogen) atoms. The molecule has 0 aliphatic carbocycles. The summed E-state index contributed by atoms with van der Waals surface area (Å²) in [5.41, 5.74) is 0.831. The number of amides is 1. The number of nitrogens with one attached hydrogen (secondary N) is 2. The van der Waals surface area contributed by atoms with Crippen LogP contribution in [-0.2, 0) is 4.74 Å². The lowest BCUT2D eigenvalue weighted by atomic mass is 10.1. The molecule has 1 aromatic carbocycles. The fourth-order valence-electron chi connectivity index (χ4n) is 2.20. The van der Waals surface area contributed by atoms with E-state index in [0.717, 1.165) is 13.0 Å². The van der Waals surface area contributed by atoms with Crippen LogP contribution in [0.2, 0.25) is 0 Å². The quantitative estimate of drug-likeness (QED) is 0.705. The van der Waals surface area contributed by atoms with Crippen molar-refractivity contribution in [1.82, 2.24) is 10.2 Å². The van der Waals surface area contributed by atoms with Gasteiger partial charge in [-0.15, -0.1) is 10.2 Å². The maximum absolute atomic E-state index is 12.4. The molecule has 0 fully saturated rings. The first kappa shape index (κ1) is 19.4. The zero-order valence-corrected chi connectivity index (χ0v) is 15.3. The standard InChI is InChI=1S/C19H24N4O3/c1-4-26-19(25)14-7-5-6-8-15(14)21-18(24)16-9-10-17(23-22-16)20-12-11-13(2)3/h5-10,13H,4,11-12H2,1-3H3,(H,20,23)(H,21,24). The number of aromatic nitrogens is 2. The van der Waals surface area contributed by atoms with E-state index >= 15 is 0 Å². The van der Waals surface area contributed by atoms with Gasteiger partial charge in [0.15, 0.2) is 5.69 Å². The molecule has 0 spiro atoms. The fraction of sp³-hybridized carbons (Fsp3) is 0.368. The zero-order valence-electron chi connectivity index (χ0n) is 15.3. The molecule has 1 aromatic heterocycles. The molecule has 0 saturated heterocycles. The normalized spacial score (nSPS) is 10.5. The van der Waals surface area contributed by atoms with E-state index in [1.165, 1.54) is 0 Å². The fourth-order valence-corrected chi connectivity index (χ4v) is 2.20. The average Bonchev–Trinajstić information content (AvgIpc) is 2.62. The Morgan fingerprint density at radius 3 is 2.54 bits per heavy atom. The molecule has 2 N–H and O–H groups in total. The Hall–Kier alpha value is -2.96. The van der Waals surface area contributed by atoms with Crippen molar-refractivity contribution in [3.8, 4) is 0 Å². The van der Waals surface area contributed by atoms with E-state index in [1.54, 1.807) is 43.3 Å². The first-order chi connectivity index (χ1) is 12.5. The number of para-hydroxylation sites is 1. The topological polar surface area (TPSA) is 93.2 Å². The summed E-state index contributed by atoms with van der Waals surface area (Å²) in [6.45, 7) is 7.08. The number of anilines is 2. The molecule has 7 heteroatoms. The number of hydrogen-bond acceptors (Lipinski definition) is 6. The lowest BCUT2D eigenvalue weighted by Gasteiger charge is -2.10. The predicted molar refractivity (Wildman–Crippen MR) is 100 cm³/mol. The predicted octanol–water partition coefficient (Wildman–Crippen LogP) is 3.36. The number of ether oxygens (including phenoxy) is 1. The van der Waals surface area contributed by atoms with Crippen LogP contribution in [-0.4, -0.2) is 35.2 Å². The Kier molecular flexibility index (Phi) is 7.08. The van der Waals surface area contributed by atoms with Gasteiger partial charge < -0.3 is 15.4 Å². The summed E-state index contributed by atoms with van der Waals surface area (Å²) in [7, 11) is 0. The molecule has 0 aliphatic rings. The van der Waals surface area contributed by atoms with Gasteiger partial charge in [-0.05, 0) is 43.5 Å². The summed E-state index contributed by atoms with van der Waals surface area (Å²) in [6.07, 6.45) is 1.02. The maximum Gasteiger partial charge on any atom is 0.340 e. The van der Waals surface area contributed by atoms with Gasteiger partial charge in [0.2, 0.25) is 0 Å². The van der Waals surface area contributed by atoms with Gasteiger partial charge in [-0.1, -0.05) is 26.0 Å². The molecule has 1 amide bonds. The van der Waals surface area contributed by atoms with Crippen molar-refractivity contribution in [2.75, 3.05) is 23.8 Å². The van der Waals surface area contributed by atoms with Crippen LogP contribution in [0.1, 0.15) is 48.0 Å². The second-order valence-corrected chi connectivity index (χ2v) is 6.13. The Labute approximate surface area is 153 Å². The second kappa shape index (κ2) is 9.50. The van der Waals surface area contributed by atoms with E-state index in [9.17, 15) is 9.59 Å². The Bertz CT molecular complexity index is 745. The van der Waals surface area contributed by atoms with Gasteiger partial charge in [0.25, 0.3) is 5.91 Å². The smallest absolute Gasteiger partial charge is 0.340 e. The van der Waals surface area contributed by atoms with Crippen LogP contribution in [0.15, 0.2) is 36.4 Å². The molecule has 0 atom stereocenters. The largest absolute Gasteiger partial charge is 0.462 e. The highest BCUT2D eigenvalue weighted by Crippen LogP contribution is 2.17. The average molecular weight is 356 g/mol. The minimum Gasteiger partial charge on any atom is -0.462 e. The molecule has 2 aromatic rings. The minimum atomic E-state index is -0.487. The van der Waals surface area contributed by atoms with E-state index in [4.69, 9.17) is 4.74 Å². The summed E-state index contributed by atoms with van der Waals surface area (Å²) < 4.78 is 5.00. The van der Waals surface area contributed by atoms with Crippen LogP contribution in [0.3, 0.4) is 0 Å². The van der Waals surface area contributed by atoms with Crippen molar-refractivity contribution >= 4 is 23.4 Å². The van der Waals surface area contributed by atoms with E-state index < -0.39 is 11.9 Å². The molecule has 0 saturated carbocycles. The van der Waals surface area contributed by atoms with Crippen LogP contribution in [0.25, 0.3) is 0 Å². The number of carbonyl (C=O) groups is 2. The highest BCUT2D eigenvalue weighted by Gasteiger charge is 2.15. The molecule has 1 heterocycles. The number of carbonyl (C=O) groups excluding carboxylic acids is 2. The van der Waals surface area contributed by atoms with Crippen LogP contribution < -0.4 is 10.6 Å². The number of hydrogen-bond donors (Lipinski definition) is 2. The van der Waals surface area contributed by atoms with Gasteiger partial charge in [0.1, 0.15) is 5.82 Å². The summed E-state index contributed by atoms with van der Waals surface area (Å²) in [5.74, 6) is 0.288. The third-order valence-corrected chi connectivity index (χ3v) is 3.60. The first-order valence-corrected chi connectivity index (χ1v) is 8.66. The summed E-state index contributed by atoms with van der Waals surface area (Å²) >= 11 is 0. The highest BCUT2D eigenvalue weighted by molar-refractivity contribution is 6.07. The maximum atomic E-state index is 12.4. The summed E-state index contributed by atoms with van der Waals surface area (Å²) in [5, 5.41) is 13.8. The van der Waals surface area contributed by atoms with Gasteiger partial charge in [-0.2, -0.15) is 0 Å². The van der Waals surface area contributed by atoms with Crippen LogP contribution in [0.4, 0.5) is 11.5 Å². The number of benzene rings is 1. The Morgan fingerprint density at radius 1 is 1.12 bits per heavy atom. The zero-order chi connectivity index (χ0) is 18.9. The highest BCUT2D eigenvalue weighted by atomic mass is 16.5. The number of esters is 1. The van der Waals surface area contributed by atoms with E-state index in [0.29, 0.717) is 23.0 Å². The molecule has 2 rings (SSSR count). The van der Waals surface area contributed by atoms with Crippen LogP contribution in [0, 0.1) is 5.92 Å². The molecular weight excluding hydrogens is 332 g/mol. The van der Waals surface area contributed by atoms with Gasteiger partial charge >= 0.3 is 5.97 Å². The Balaban J connectivity index is 2.03. The molecule has 0 bridgehead atoms. The van der Waals surface area contributed by atoms with E-state index in [1.807, 2.05) is 0 Å². The van der Waals surface area contributed by atoms with Crippen LogP contribution >= 0.6 is 0 Å². The molecule has 0 aliphatic heterocycles. The third kappa shape index (κ3) is 5.54. The van der Waals surface area contributed by atoms with Gasteiger partial charge in [-0.25, -0.2) is 4.79 Å². The van der Waals surface area contributed by atoms with Crippen molar-refractivity contribution in [2.24, 2.45) is 5.92 Å². The van der Waals surface area contributed by atoms with E-state index in [-0.39, 0.29) is 12.3 Å². The monoisotopic (exact) mass is 356 g/mol. The van der Waals surface area contributed by atoms with Crippen molar-refractivity contribution in [1.29, 1.82) is 0 Å².